The molecule has 0 radical (unpaired) electrons. The first-order chi connectivity index (χ1) is 9.78. The van der Waals surface area contributed by atoms with Gasteiger partial charge in [0.15, 0.2) is 5.82 Å². The molecule has 2 N–H and O–H groups in total. The molecular formula is C13H17N5O2. The van der Waals surface area contributed by atoms with Crippen LogP contribution < -0.4 is 0 Å². The minimum absolute atomic E-state index is 0.0189. The molecule has 2 aromatic heterocycles. The highest BCUT2D eigenvalue weighted by Crippen LogP contribution is 2.20. The van der Waals surface area contributed by atoms with E-state index in [1.165, 1.54) is 0 Å². The van der Waals surface area contributed by atoms with Crippen LogP contribution in [0.3, 0.4) is 0 Å². The van der Waals surface area contributed by atoms with Gasteiger partial charge in [0, 0.05) is 19.2 Å². The molecule has 1 fully saturated rings. The van der Waals surface area contributed by atoms with Crippen LogP contribution in [0.4, 0.5) is 0 Å². The van der Waals surface area contributed by atoms with E-state index in [1.807, 2.05) is 13.0 Å². The van der Waals surface area contributed by atoms with Crippen LogP contribution in [0.1, 0.15) is 35.2 Å². The van der Waals surface area contributed by atoms with Crippen molar-refractivity contribution in [1.29, 1.82) is 0 Å². The van der Waals surface area contributed by atoms with Crippen molar-refractivity contribution >= 4 is 5.91 Å². The molecule has 2 aromatic rings. The molecule has 0 saturated carbocycles. The van der Waals surface area contributed by atoms with Crippen LogP contribution in [0.25, 0.3) is 0 Å². The number of amides is 1. The van der Waals surface area contributed by atoms with E-state index in [0.29, 0.717) is 31.2 Å². The number of hydrogen-bond donors (Lipinski definition) is 2. The summed E-state index contributed by atoms with van der Waals surface area (Å²) in [7, 11) is 0. The summed E-state index contributed by atoms with van der Waals surface area (Å²) in [5.74, 6) is 1.43. The number of morpholine rings is 1. The van der Waals surface area contributed by atoms with Gasteiger partial charge < -0.3 is 14.6 Å². The van der Waals surface area contributed by atoms with Crippen molar-refractivity contribution in [3.05, 3.63) is 35.7 Å². The number of hydrogen-bond acceptors (Lipinski definition) is 4. The lowest BCUT2D eigenvalue weighted by atomic mass is 10.2. The summed E-state index contributed by atoms with van der Waals surface area (Å²) in [5.41, 5.74) is 0.592. The molecule has 0 aliphatic carbocycles. The summed E-state index contributed by atoms with van der Waals surface area (Å²) in [4.78, 5) is 21.4. The first-order valence-electron chi connectivity index (χ1n) is 6.73. The zero-order chi connectivity index (χ0) is 13.9. The third-order valence-electron chi connectivity index (χ3n) is 3.35. The number of nitrogens with one attached hydrogen (secondary N) is 2. The predicted molar refractivity (Wildman–Crippen MR) is 71.1 cm³/mol. The van der Waals surface area contributed by atoms with Gasteiger partial charge in [-0.25, -0.2) is 4.98 Å². The molecule has 106 valence electrons. The number of carbonyl (C=O) groups excluding carboxylic acids is 1. The molecule has 0 bridgehead atoms. The third-order valence-corrected chi connectivity index (χ3v) is 3.35. The van der Waals surface area contributed by atoms with Crippen molar-refractivity contribution in [1.82, 2.24) is 25.1 Å². The van der Waals surface area contributed by atoms with Gasteiger partial charge in [-0.3, -0.25) is 9.89 Å². The summed E-state index contributed by atoms with van der Waals surface area (Å²) in [6, 6.07) is 3.59. The van der Waals surface area contributed by atoms with Crippen LogP contribution in [0.2, 0.25) is 0 Å². The van der Waals surface area contributed by atoms with Crippen LogP contribution in [0.15, 0.2) is 18.3 Å². The van der Waals surface area contributed by atoms with Gasteiger partial charge in [0.05, 0.1) is 13.2 Å². The zero-order valence-electron chi connectivity index (χ0n) is 11.3. The van der Waals surface area contributed by atoms with Gasteiger partial charge >= 0.3 is 0 Å². The molecule has 20 heavy (non-hydrogen) atoms. The highest BCUT2D eigenvalue weighted by Gasteiger charge is 2.28. The van der Waals surface area contributed by atoms with E-state index in [9.17, 15) is 4.79 Å². The maximum absolute atomic E-state index is 12.3. The quantitative estimate of drug-likeness (QED) is 0.871. The molecular weight excluding hydrogens is 258 g/mol. The number of aryl methyl sites for hydroxylation is 1. The smallest absolute Gasteiger partial charge is 0.270 e. The first kappa shape index (κ1) is 12.9. The Morgan fingerprint density at radius 2 is 2.50 bits per heavy atom. The van der Waals surface area contributed by atoms with Crippen LogP contribution >= 0.6 is 0 Å². The lowest BCUT2D eigenvalue weighted by molar-refractivity contribution is -0.0268. The van der Waals surface area contributed by atoms with Gasteiger partial charge in [0.25, 0.3) is 5.91 Å². The minimum Gasteiger partial charge on any atom is -0.366 e. The van der Waals surface area contributed by atoms with E-state index < -0.39 is 0 Å². The van der Waals surface area contributed by atoms with Crippen molar-refractivity contribution in [3.63, 3.8) is 0 Å². The molecule has 0 spiro atoms. The fraction of sp³-hybridized carbons (Fsp3) is 0.462. The fourth-order valence-corrected chi connectivity index (χ4v) is 2.24. The molecule has 1 aliphatic heterocycles. The van der Waals surface area contributed by atoms with Crippen LogP contribution in [0.5, 0.6) is 0 Å². The second-order valence-electron chi connectivity index (χ2n) is 4.69. The highest BCUT2D eigenvalue weighted by atomic mass is 16.5. The first-order valence-corrected chi connectivity index (χ1v) is 6.73. The maximum Gasteiger partial charge on any atom is 0.270 e. The largest absolute Gasteiger partial charge is 0.366 e. The molecule has 7 nitrogen and oxygen atoms in total. The van der Waals surface area contributed by atoms with Crippen molar-refractivity contribution in [2.45, 2.75) is 19.4 Å². The Kier molecular flexibility index (Phi) is 3.51. The number of ether oxygens (including phenoxy) is 1. The number of H-pyrrole nitrogens is 2. The second-order valence-corrected chi connectivity index (χ2v) is 4.69. The average Bonchev–Trinajstić information content (AvgIpc) is 3.17. The highest BCUT2D eigenvalue weighted by molar-refractivity contribution is 5.92. The van der Waals surface area contributed by atoms with E-state index in [2.05, 4.69) is 20.2 Å². The van der Waals surface area contributed by atoms with E-state index >= 15 is 0 Å². The average molecular weight is 275 g/mol. The lowest BCUT2D eigenvalue weighted by Crippen LogP contribution is -2.42. The van der Waals surface area contributed by atoms with E-state index in [4.69, 9.17) is 4.74 Å². The normalized spacial score (nSPS) is 19.2. The molecule has 7 heteroatoms. The number of aromatic nitrogens is 4. The number of nitrogens with zero attached hydrogens (tertiary/aromatic N) is 3. The molecule has 1 aliphatic rings. The Balaban J connectivity index is 1.71. The SMILES string of the molecule is CCc1nc([C@@H]2CN(C(=O)c3ccc[nH]3)CCO2)n[nH]1. The molecule has 0 aromatic carbocycles. The second kappa shape index (κ2) is 5.46. The predicted octanol–water partition coefficient (Wildman–Crippen LogP) is 0.909. The fourth-order valence-electron chi connectivity index (χ4n) is 2.24. The van der Waals surface area contributed by atoms with Gasteiger partial charge in [0.1, 0.15) is 17.6 Å². The monoisotopic (exact) mass is 275 g/mol. The Labute approximate surface area is 116 Å². The van der Waals surface area contributed by atoms with Crippen molar-refractivity contribution in [2.75, 3.05) is 19.7 Å². The Hall–Kier alpha value is -2.15. The summed E-state index contributed by atoms with van der Waals surface area (Å²) in [6.07, 6.45) is 2.28. The minimum atomic E-state index is -0.265. The zero-order valence-corrected chi connectivity index (χ0v) is 11.3. The molecule has 1 atom stereocenters. The molecule has 3 rings (SSSR count). The van der Waals surface area contributed by atoms with Crippen molar-refractivity contribution in [2.24, 2.45) is 0 Å². The van der Waals surface area contributed by atoms with Gasteiger partial charge in [-0.2, -0.15) is 5.10 Å². The third kappa shape index (κ3) is 2.44. The van der Waals surface area contributed by atoms with Crippen LogP contribution in [-0.2, 0) is 11.2 Å². The Morgan fingerprint density at radius 3 is 3.20 bits per heavy atom. The van der Waals surface area contributed by atoms with Crippen molar-refractivity contribution < 1.29 is 9.53 Å². The van der Waals surface area contributed by atoms with Gasteiger partial charge in [0.2, 0.25) is 0 Å². The summed E-state index contributed by atoms with van der Waals surface area (Å²) in [6.45, 7) is 3.55. The van der Waals surface area contributed by atoms with E-state index in [-0.39, 0.29) is 12.0 Å². The van der Waals surface area contributed by atoms with Crippen LogP contribution in [-0.4, -0.2) is 50.7 Å². The molecule has 1 amide bonds. The van der Waals surface area contributed by atoms with Crippen LogP contribution in [0, 0.1) is 0 Å². The molecule has 3 heterocycles. The van der Waals surface area contributed by atoms with Gasteiger partial charge in [-0.1, -0.05) is 6.92 Å². The Morgan fingerprint density at radius 1 is 1.60 bits per heavy atom. The number of carbonyl (C=O) groups is 1. The molecule has 0 unspecified atom stereocenters. The lowest BCUT2D eigenvalue weighted by Gasteiger charge is -2.31. The van der Waals surface area contributed by atoms with Gasteiger partial charge in [-0.15, -0.1) is 0 Å². The van der Waals surface area contributed by atoms with Crippen molar-refractivity contribution in [3.8, 4) is 0 Å². The topological polar surface area (TPSA) is 86.9 Å². The Bertz CT molecular complexity index is 577. The number of rotatable bonds is 3. The molecule has 1 saturated heterocycles. The number of aromatic amines is 2. The summed E-state index contributed by atoms with van der Waals surface area (Å²) in [5, 5.41) is 7.03. The van der Waals surface area contributed by atoms with E-state index in [0.717, 1.165) is 12.2 Å². The maximum atomic E-state index is 12.3. The summed E-state index contributed by atoms with van der Waals surface area (Å²) < 4.78 is 5.67. The summed E-state index contributed by atoms with van der Waals surface area (Å²) >= 11 is 0. The standard InChI is InChI=1S/C13H17N5O2/c1-2-11-15-12(17-16-11)10-8-18(6-7-20-10)13(19)9-4-3-5-14-9/h3-5,10,14H,2,6-8H2,1H3,(H,15,16,17)/t10-/m0/s1. The van der Waals surface area contributed by atoms with E-state index in [1.54, 1.807) is 17.2 Å². The van der Waals surface area contributed by atoms with Gasteiger partial charge in [-0.05, 0) is 12.1 Å².